The Hall–Kier alpha value is -2.19. The van der Waals surface area contributed by atoms with E-state index in [0.29, 0.717) is 31.6 Å². The number of carboxylic acid groups (broad SMARTS) is 1. The van der Waals surface area contributed by atoms with Crippen molar-refractivity contribution in [2.75, 3.05) is 18.4 Å². The van der Waals surface area contributed by atoms with Crippen molar-refractivity contribution in [1.29, 1.82) is 0 Å². The Balaban J connectivity index is 0.00000288. The molecule has 1 fully saturated rings. The first kappa shape index (κ1) is 19.9. The van der Waals surface area contributed by atoms with Crippen molar-refractivity contribution in [3.8, 4) is 0 Å². The highest BCUT2D eigenvalue weighted by molar-refractivity contribution is 5.94. The van der Waals surface area contributed by atoms with Crippen LogP contribution < -0.4 is 5.32 Å². The van der Waals surface area contributed by atoms with E-state index >= 15 is 0 Å². The molecule has 1 heterocycles. The number of nitro benzene ring substituents is 1. The smallest absolute Gasteiger partial charge is 0.306 e. The molecule has 132 valence electrons. The Labute approximate surface area is 145 Å². The number of benzene rings is 1. The largest absolute Gasteiger partial charge is 0.481 e. The highest BCUT2D eigenvalue weighted by Gasteiger charge is 2.29. The molecule has 1 amide bonds. The molecule has 0 bridgehead atoms. The number of nitrogens with zero attached hydrogens (tertiary/aromatic N) is 2. The quantitative estimate of drug-likeness (QED) is 0.616. The first-order valence-corrected chi connectivity index (χ1v) is 7.40. The summed E-state index contributed by atoms with van der Waals surface area (Å²) in [5, 5.41) is 22.3. The molecule has 24 heavy (non-hydrogen) atoms. The second-order valence-corrected chi connectivity index (χ2v) is 5.62. The molecule has 2 rings (SSSR count). The molecular formula is C15H20ClN3O5. The number of anilines is 1. The molecule has 0 aliphatic carbocycles. The van der Waals surface area contributed by atoms with Crippen LogP contribution in [0, 0.1) is 16.0 Å². The van der Waals surface area contributed by atoms with Crippen molar-refractivity contribution in [2.45, 2.75) is 25.8 Å². The van der Waals surface area contributed by atoms with Crippen LogP contribution in [0.5, 0.6) is 0 Å². The van der Waals surface area contributed by atoms with Crippen LogP contribution >= 0.6 is 12.4 Å². The molecule has 1 aliphatic rings. The van der Waals surface area contributed by atoms with Crippen LogP contribution in [0.25, 0.3) is 0 Å². The molecule has 1 unspecified atom stereocenters. The minimum atomic E-state index is -0.785. The third kappa shape index (κ3) is 4.90. The van der Waals surface area contributed by atoms with Gasteiger partial charge in [-0.1, -0.05) is 0 Å². The van der Waals surface area contributed by atoms with Crippen molar-refractivity contribution in [3.63, 3.8) is 0 Å². The summed E-state index contributed by atoms with van der Waals surface area (Å²) in [5.74, 6) is -1.34. The lowest BCUT2D eigenvalue weighted by molar-refractivity contribution is -0.384. The summed E-state index contributed by atoms with van der Waals surface area (Å²) >= 11 is 0. The maximum atomic E-state index is 12.2. The van der Waals surface area contributed by atoms with E-state index in [1.54, 1.807) is 6.92 Å². The molecule has 0 saturated carbocycles. The first-order chi connectivity index (χ1) is 10.9. The Bertz CT molecular complexity index is 600. The van der Waals surface area contributed by atoms with Gasteiger partial charge >= 0.3 is 5.97 Å². The van der Waals surface area contributed by atoms with Gasteiger partial charge in [-0.3, -0.25) is 24.6 Å². The minimum absolute atomic E-state index is 0. The number of nitrogens with one attached hydrogen (secondary N) is 1. The summed E-state index contributed by atoms with van der Waals surface area (Å²) in [6.07, 6.45) is 1.06. The van der Waals surface area contributed by atoms with Crippen LogP contribution in [0.15, 0.2) is 24.3 Å². The number of likely N-dealkylation sites (tertiary alicyclic amines) is 1. The lowest BCUT2D eigenvalue weighted by atomic mass is 9.96. The summed E-state index contributed by atoms with van der Waals surface area (Å²) in [5.41, 5.74) is 0.458. The van der Waals surface area contributed by atoms with Gasteiger partial charge in [-0.2, -0.15) is 0 Å². The summed E-state index contributed by atoms with van der Waals surface area (Å²) < 4.78 is 0. The Kier molecular flexibility index (Phi) is 7.12. The fraction of sp³-hybridized carbons (Fsp3) is 0.467. The Morgan fingerprint density at radius 1 is 1.29 bits per heavy atom. The van der Waals surface area contributed by atoms with Gasteiger partial charge in [0.2, 0.25) is 5.91 Å². The van der Waals surface area contributed by atoms with Crippen molar-refractivity contribution >= 4 is 35.7 Å². The van der Waals surface area contributed by atoms with Gasteiger partial charge in [0, 0.05) is 17.8 Å². The predicted octanol–water partition coefficient (Wildman–Crippen LogP) is 2.14. The van der Waals surface area contributed by atoms with E-state index in [-0.39, 0.29) is 36.0 Å². The van der Waals surface area contributed by atoms with E-state index in [0.717, 1.165) is 0 Å². The number of halogens is 1. The predicted molar refractivity (Wildman–Crippen MR) is 90.4 cm³/mol. The number of amides is 1. The zero-order valence-electron chi connectivity index (χ0n) is 13.2. The number of carbonyl (C=O) groups excluding carboxylic acids is 1. The van der Waals surface area contributed by atoms with Crippen LogP contribution in [-0.4, -0.2) is 45.9 Å². The number of rotatable bonds is 5. The molecule has 1 atom stereocenters. The minimum Gasteiger partial charge on any atom is -0.481 e. The van der Waals surface area contributed by atoms with Gasteiger partial charge in [0.15, 0.2) is 0 Å². The summed E-state index contributed by atoms with van der Waals surface area (Å²) in [4.78, 5) is 35.2. The summed E-state index contributed by atoms with van der Waals surface area (Å²) in [6, 6.07) is 5.25. The van der Waals surface area contributed by atoms with Gasteiger partial charge in [0.05, 0.1) is 16.9 Å². The molecule has 0 aromatic heterocycles. The summed E-state index contributed by atoms with van der Waals surface area (Å²) in [6.45, 7) is 2.89. The number of non-ortho nitro benzene ring substituents is 1. The van der Waals surface area contributed by atoms with E-state index in [2.05, 4.69) is 5.32 Å². The van der Waals surface area contributed by atoms with Crippen LogP contribution in [0.1, 0.15) is 19.8 Å². The highest BCUT2D eigenvalue weighted by atomic mass is 35.5. The van der Waals surface area contributed by atoms with E-state index in [9.17, 15) is 19.7 Å². The topological polar surface area (TPSA) is 113 Å². The van der Waals surface area contributed by atoms with E-state index < -0.39 is 10.9 Å². The molecule has 9 heteroatoms. The molecule has 0 radical (unpaired) electrons. The molecule has 8 nitrogen and oxygen atoms in total. The average molecular weight is 358 g/mol. The van der Waals surface area contributed by atoms with E-state index in [4.69, 9.17) is 5.11 Å². The van der Waals surface area contributed by atoms with Gasteiger partial charge in [-0.25, -0.2) is 0 Å². The van der Waals surface area contributed by atoms with Crippen molar-refractivity contribution in [3.05, 3.63) is 34.4 Å². The van der Waals surface area contributed by atoms with Crippen LogP contribution in [0.4, 0.5) is 11.4 Å². The fourth-order valence-electron chi connectivity index (χ4n) is 2.61. The number of piperidine rings is 1. The Morgan fingerprint density at radius 3 is 2.29 bits per heavy atom. The number of hydrogen-bond donors (Lipinski definition) is 2. The number of carbonyl (C=O) groups is 2. The normalized spacial score (nSPS) is 16.7. The van der Waals surface area contributed by atoms with E-state index in [1.807, 2.05) is 4.90 Å². The average Bonchev–Trinajstić information content (AvgIpc) is 2.54. The highest BCUT2D eigenvalue weighted by Crippen LogP contribution is 2.20. The molecular weight excluding hydrogens is 338 g/mol. The molecule has 1 aromatic rings. The van der Waals surface area contributed by atoms with Gasteiger partial charge in [0.1, 0.15) is 0 Å². The third-order valence-corrected chi connectivity index (χ3v) is 4.15. The lowest BCUT2D eigenvalue weighted by Gasteiger charge is -2.33. The molecule has 1 aliphatic heterocycles. The monoisotopic (exact) mass is 357 g/mol. The molecule has 0 spiro atoms. The maximum absolute atomic E-state index is 12.2. The first-order valence-electron chi connectivity index (χ1n) is 7.40. The molecule has 1 aromatic carbocycles. The second kappa shape index (κ2) is 8.60. The number of aliphatic carboxylic acids is 1. The van der Waals surface area contributed by atoms with Crippen LogP contribution in [0.3, 0.4) is 0 Å². The number of carboxylic acids is 1. The second-order valence-electron chi connectivity index (χ2n) is 5.62. The third-order valence-electron chi connectivity index (χ3n) is 4.15. The fourth-order valence-corrected chi connectivity index (χ4v) is 2.61. The van der Waals surface area contributed by atoms with Crippen molar-refractivity contribution in [2.24, 2.45) is 5.92 Å². The number of nitro groups is 1. The van der Waals surface area contributed by atoms with Gasteiger partial charge < -0.3 is 10.4 Å². The zero-order valence-corrected chi connectivity index (χ0v) is 14.0. The van der Waals surface area contributed by atoms with E-state index in [1.165, 1.54) is 24.3 Å². The van der Waals surface area contributed by atoms with Gasteiger partial charge in [0.25, 0.3) is 5.69 Å². The molecule has 2 N–H and O–H groups in total. The zero-order chi connectivity index (χ0) is 17.0. The van der Waals surface area contributed by atoms with Gasteiger partial charge in [-0.15, -0.1) is 12.4 Å². The lowest BCUT2D eigenvalue weighted by Crippen LogP contribution is -2.46. The summed E-state index contributed by atoms with van der Waals surface area (Å²) in [7, 11) is 0. The standard InChI is InChI=1S/C15H19N3O5.ClH/c1-10(17-8-6-11(7-9-17)15(20)21)14(19)16-12-2-4-13(5-3-12)18(22)23;/h2-5,10-11H,6-9H2,1H3,(H,16,19)(H,20,21);1H. The SMILES string of the molecule is CC(C(=O)Nc1ccc([N+](=O)[O-])cc1)N1CCC(C(=O)O)CC1.Cl. The van der Waals surface area contributed by atoms with Gasteiger partial charge in [-0.05, 0) is 45.0 Å². The van der Waals surface area contributed by atoms with Crippen LogP contribution in [0.2, 0.25) is 0 Å². The van der Waals surface area contributed by atoms with Crippen molar-refractivity contribution in [1.82, 2.24) is 4.90 Å². The molecule has 1 saturated heterocycles. The number of hydrogen-bond acceptors (Lipinski definition) is 5. The maximum Gasteiger partial charge on any atom is 0.306 e. The van der Waals surface area contributed by atoms with Crippen molar-refractivity contribution < 1.29 is 19.6 Å². The Morgan fingerprint density at radius 2 is 1.83 bits per heavy atom. The van der Waals surface area contributed by atoms with Crippen LogP contribution in [-0.2, 0) is 9.59 Å².